The van der Waals surface area contributed by atoms with Gasteiger partial charge in [0.05, 0.1) is 12.1 Å². The lowest BCUT2D eigenvalue weighted by Crippen LogP contribution is -2.62. The van der Waals surface area contributed by atoms with Crippen LogP contribution in [0.25, 0.3) is 0 Å². The highest BCUT2D eigenvalue weighted by Crippen LogP contribution is 2.38. The predicted octanol–water partition coefficient (Wildman–Crippen LogP) is 0.365. The van der Waals surface area contributed by atoms with Gasteiger partial charge in [0.1, 0.15) is 16.9 Å². The first kappa shape index (κ1) is 25.5. The first-order valence-electron chi connectivity index (χ1n) is 11.5. The molecule has 0 spiro atoms. The van der Waals surface area contributed by atoms with E-state index in [4.69, 9.17) is 16.2 Å². The summed E-state index contributed by atoms with van der Waals surface area (Å²) in [4.78, 5) is 67.1. The zero-order valence-electron chi connectivity index (χ0n) is 20.2. The van der Waals surface area contributed by atoms with Crippen LogP contribution in [0.2, 0.25) is 0 Å². The van der Waals surface area contributed by atoms with Crippen molar-refractivity contribution >= 4 is 29.8 Å². The van der Waals surface area contributed by atoms with Gasteiger partial charge in [-0.1, -0.05) is 13.3 Å². The Morgan fingerprint density at radius 2 is 1.71 bits per heavy atom. The van der Waals surface area contributed by atoms with Crippen molar-refractivity contribution in [1.29, 1.82) is 0 Å². The van der Waals surface area contributed by atoms with E-state index in [-0.39, 0.29) is 24.6 Å². The van der Waals surface area contributed by atoms with E-state index in [1.54, 1.807) is 21.0 Å². The summed E-state index contributed by atoms with van der Waals surface area (Å²) >= 11 is 0. The highest BCUT2D eigenvalue weighted by Gasteiger charge is 2.52. The van der Waals surface area contributed by atoms with Crippen molar-refractivity contribution in [2.24, 2.45) is 11.5 Å². The maximum absolute atomic E-state index is 13.2. The minimum Gasteiger partial charge on any atom is -0.385 e. The van der Waals surface area contributed by atoms with Crippen LogP contribution in [0.1, 0.15) is 59.3 Å². The van der Waals surface area contributed by atoms with Crippen LogP contribution in [0.3, 0.4) is 0 Å². The molecule has 0 aromatic rings. The number of carbonyl (C=O) groups excluding carboxylic acids is 5. The third-order valence-corrected chi connectivity index (χ3v) is 7.16. The molecule has 12 nitrogen and oxygen atoms in total. The summed E-state index contributed by atoms with van der Waals surface area (Å²) < 4.78 is 5.82. The Kier molecular flexibility index (Phi) is 6.92. The van der Waals surface area contributed by atoms with E-state index >= 15 is 0 Å². The van der Waals surface area contributed by atoms with Crippen LogP contribution < -0.4 is 16.8 Å². The molecular weight excluding hydrogens is 444 g/mol. The van der Waals surface area contributed by atoms with Gasteiger partial charge in [-0.15, -0.1) is 0 Å². The molecule has 7 amide bonds. The van der Waals surface area contributed by atoms with Crippen LogP contribution >= 0.6 is 0 Å². The number of ether oxygens (including phenoxy) is 1. The van der Waals surface area contributed by atoms with E-state index in [9.17, 15) is 24.0 Å². The van der Waals surface area contributed by atoms with E-state index in [2.05, 4.69) is 5.32 Å². The van der Waals surface area contributed by atoms with Gasteiger partial charge >= 0.3 is 12.1 Å². The lowest BCUT2D eigenvalue weighted by molar-refractivity contribution is -0.140. The quantitative estimate of drug-likeness (QED) is 0.268. The minimum atomic E-state index is -1.02. The predicted molar refractivity (Wildman–Crippen MR) is 121 cm³/mol. The van der Waals surface area contributed by atoms with Gasteiger partial charge < -0.3 is 21.1 Å². The third kappa shape index (κ3) is 4.22. The fourth-order valence-corrected chi connectivity index (χ4v) is 4.80. The summed E-state index contributed by atoms with van der Waals surface area (Å²) in [5, 5.41) is 2.33. The second-order valence-electron chi connectivity index (χ2n) is 9.62. The molecule has 3 rings (SSSR count). The zero-order chi connectivity index (χ0) is 25.4. The first-order chi connectivity index (χ1) is 15.9. The average Bonchev–Trinajstić information content (AvgIpc) is 2.96. The van der Waals surface area contributed by atoms with Crippen molar-refractivity contribution in [3.05, 3.63) is 11.4 Å². The van der Waals surface area contributed by atoms with Crippen LogP contribution in [-0.2, 0) is 19.1 Å². The lowest BCUT2D eigenvalue weighted by Gasteiger charge is -2.46. The van der Waals surface area contributed by atoms with Gasteiger partial charge in [-0.05, 0) is 46.0 Å². The van der Waals surface area contributed by atoms with E-state index in [0.29, 0.717) is 32.1 Å². The lowest BCUT2D eigenvalue weighted by atomic mass is 9.80. The van der Waals surface area contributed by atoms with Gasteiger partial charge in [-0.3, -0.25) is 29.5 Å². The summed E-state index contributed by atoms with van der Waals surface area (Å²) in [6.45, 7) is 5.61. The van der Waals surface area contributed by atoms with E-state index in [1.807, 2.05) is 6.92 Å². The molecule has 0 bridgehead atoms. The van der Waals surface area contributed by atoms with Crippen LogP contribution in [0.5, 0.6) is 0 Å². The smallest absolute Gasteiger partial charge is 0.334 e. The topological polar surface area (TPSA) is 168 Å². The number of amides is 7. The Balaban J connectivity index is 1.80. The van der Waals surface area contributed by atoms with Crippen molar-refractivity contribution in [3.8, 4) is 0 Å². The molecule has 3 aliphatic rings. The number of carbonyl (C=O) groups is 5. The number of rotatable bonds is 7. The first-order valence-corrected chi connectivity index (χ1v) is 11.5. The molecule has 2 saturated heterocycles. The monoisotopic (exact) mass is 478 g/mol. The molecule has 0 unspecified atom stereocenters. The maximum atomic E-state index is 13.2. The Morgan fingerprint density at radius 1 is 1.09 bits per heavy atom. The van der Waals surface area contributed by atoms with Gasteiger partial charge in [0.25, 0.3) is 17.7 Å². The van der Waals surface area contributed by atoms with Crippen LogP contribution in [-0.4, -0.2) is 81.9 Å². The number of methoxy groups -OCH3 is 1. The molecule has 0 radical (unpaired) electrons. The van der Waals surface area contributed by atoms with E-state index < -0.39 is 46.9 Å². The Hall–Kier alpha value is -3.15. The van der Waals surface area contributed by atoms with Gasteiger partial charge in [-0.25, -0.2) is 9.59 Å². The van der Waals surface area contributed by atoms with Gasteiger partial charge in [0.2, 0.25) is 0 Å². The van der Waals surface area contributed by atoms with E-state index in [1.165, 1.54) is 4.90 Å². The molecule has 2 aliphatic heterocycles. The highest BCUT2D eigenvalue weighted by molar-refractivity contribution is 6.29. The Bertz CT molecular complexity index is 932. The largest absolute Gasteiger partial charge is 0.385 e. The zero-order valence-corrected chi connectivity index (χ0v) is 20.2. The number of hydrogen-bond acceptors (Lipinski definition) is 8. The molecular formula is C22H34N6O6. The number of urea groups is 2. The number of nitrogens with one attached hydrogen (secondary N) is 1. The van der Waals surface area contributed by atoms with Gasteiger partial charge in [-0.2, -0.15) is 0 Å². The Labute approximate surface area is 198 Å². The molecule has 12 heteroatoms. The normalized spacial score (nSPS) is 27.5. The minimum absolute atomic E-state index is 0.163. The second kappa shape index (κ2) is 9.24. The maximum Gasteiger partial charge on any atom is 0.334 e. The summed E-state index contributed by atoms with van der Waals surface area (Å²) in [6, 6.07) is -1.64. The molecule has 0 aromatic carbocycles. The number of nitrogens with zero attached hydrogens (tertiary/aromatic N) is 3. The van der Waals surface area contributed by atoms with Crippen LogP contribution in [0.4, 0.5) is 9.59 Å². The van der Waals surface area contributed by atoms with Crippen molar-refractivity contribution in [3.63, 3.8) is 0 Å². The number of hydrogen-bond donors (Lipinski definition) is 3. The second-order valence-corrected chi connectivity index (χ2v) is 9.62. The van der Waals surface area contributed by atoms with E-state index in [0.717, 1.165) is 16.2 Å². The fraction of sp³-hybridized carbons (Fsp3) is 0.682. The molecule has 188 valence electrons. The highest BCUT2D eigenvalue weighted by atomic mass is 16.5. The van der Waals surface area contributed by atoms with Gasteiger partial charge in [0, 0.05) is 19.7 Å². The Morgan fingerprint density at radius 3 is 2.18 bits per heavy atom. The molecule has 2 heterocycles. The number of imide groups is 3. The fourth-order valence-electron chi connectivity index (χ4n) is 4.80. The summed E-state index contributed by atoms with van der Waals surface area (Å²) in [6.07, 6.45) is 2.98. The number of barbiturate groups is 1. The molecule has 1 aliphatic carbocycles. The number of nitrogens with two attached hydrogens (primary N) is 2. The molecule has 0 atom stereocenters. The standard InChI is InChI=1S/C22H34N6O6/c1-5-6-11-26-16(29)14(15(23)24)17(30)28(20(26)33)13-7-9-22(34-4,10-8-13)12-27-19(32)25-18(31)21(27,2)3/h13H,5-12,23-24H2,1-4H3,(H,25,31,32). The van der Waals surface area contributed by atoms with Gasteiger partial charge in [0.15, 0.2) is 0 Å². The summed E-state index contributed by atoms with van der Waals surface area (Å²) in [7, 11) is 1.54. The van der Waals surface area contributed by atoms with Crippen molar-refractivity contribution in [2.45, 2.75) is 76.5 Å². The molecule has 0 aromatic heterocycles. The molecule has 3 fully saturated rings. The SMILES string of the molecule is CCCCN1C(=O)C(=C(N)N)C(=O)N(C2CCC(CN3C(=O)NC(=O)C3(C)C)(OC)CC2)C1=O. The molecule has 1 saturated carbocycles. The third-order valence-electron chi connectivity index (χ3n) is 7.16. The van der Waals surface area contributed by atoms with Crippen molar-refractivity contribution < 1.29 is 28.7 Å². The van der Waals surface area contributed by atoms with Crippen molar-refractivity contribution in [2.75, 3.05) is 20.2 Å². The number of unbranched alkanes of at least 4 members (excludes halogenated alkanes) is 1. The summed E-state index contributed by atoms with van der Waals surface area (Å²) in [5.74, 6) is -2.35. The molecule has 5 N–H and O–H groups in total. The van der Waals surface area contributed by atoms with Crippen LogP contribution in [0, 0.1) is 0 Å². The van der Waals surface area contributed by atoms with Crippen LogP contribution in [0.15, 0.2) is 11.4 Å². The van der Waals surface area contributed by atoms with Crippen molar-refractivity contribution in [1.82, 2.24) is 20.0 Å². The average molecular weight is 479 g/mol. The summed E-state index contributed by atoms with van der Waals surface area (Å²) in [5.41, 5.74) is 9.14. The molecule has 34 heavy (non-hydrogen) atoms.